The van der Waals surface area contributed by atoms with Gasteiger partial charge in [0.2, 0.25) is 17.6 Å². The molecule has 1 aliphatic rings. The van der Waals surface area contributed by atoms with Crippen LogP contribution < -0.4 is 10.6 Å². The lowest BCUT2D eigenvalue weighted by molar-refractivity contribution is -0.150. The monoisotopic (exact) mass is 388 g/mol. The molecule has 0 unspecified atom stereocenters. The lowest BCUT2D eigenvalue weighted by Crippen LogP contribution is -2.60. The Hall–Kier alpha value is -2.17. The molecule has 0 aromatic rings. The highest BCUT2D eigenvalue weighted by Crippen LogP contribution is 2.23. The highest BCUT2D eigenvalue weighted by Gasteiger charge is 2.43. The van der Waals surface area contributed by atoms with E-state index in [1.54, 1.807) is 0 Å². The highest BCUT2D eigenvalue weighted by molar-refractivity contribution is 5.86. The van der Waals surface area contributed by atoms with Gasteiger partial charge in [-0.2, -0.15) is 0 Å². The van der Waals surface area contributed by atoms with E-state index in [1.165, 1.54) is 6.92 Å². The van der Waals surface area contributed by atoms with Crippen molar-refractivity contribution < 1.29 is 39.2 Å². The summed E-state index contributed by atoms with van der Waals surface area (Å²) in [4.78, 5) is 34.7. The number of hydrogen-bond acceptors (Lipinski definition) is 8. The summed E-state index contributed by atoms with van der Waals surface area (Å²) in [6.07, 6.45) is -2.89. The molecule has 0 saturated carbocycles. The van der Waals surface area contributed by atoms with Gasteiger partial charge in [-0.1, -0.05) is 13.3 Å². The Kier molecular flexibility index (Phi) is 9.19. The fraction of sp³-hybridized carbons (Fsp3) is 0.706. The van der Waals surface area contributed by atoms with Crippen molar-refractivity contribution >= 4 is 17.8 Å². The van der Waals surface area contributed by atoms with E-state index < -0.39 is 42.3 Å². The van der Waals surface area contributed by atoms with Crippen molar-refractivity contribution in [1.29, 1.82) is 0 Å². The maximum atomic E-state index is 11.7. The standard InChI is InChI=1S/C17H28N2O8/c1-4-5-6-13(23)18-8-11(22)15(24)16-14(19-9(2)20)10(21)7-12(27-16)17(25)26-3/h7,10-11,14-16,21-22,24H,4-6,8H2,1-3H3,(H,18,23)(H,19,20)/t10-,11+,14+,15+,16+/m0/s1. The Morgan fingerprint density at radius 2 is 2.00 bits per heavy atom. The third-order valence-corrected chi connectivity index (χ3v) is 4.06. The number of unbranched alkanes of at least 4 members (excludes halogenated alkanes) is 1. The molecule has 0 fully saturated rings. The molecule has 5 N–H and O–H groups in total. The largest absolute Gasteiger partial charge is 0.478 e. The maximum Gasteiger partial charge on any atom is 0.373 e. The predicted octanol–water partition coefficient (Wildman–Crippen LogP) is -1.66. The minimum Gasteiger partial charge on any atom is -0.478 e. The second-order valence-corrected chi connectivity index (χ2v) is 6.29. The molecule has 0 bridgehead atoms. The van der Waals surface area contributed by atoms with Crippen LogP contribution in [0.15, 0.2) is 11.8 Å². The Balaban J connectivity index is 2.85. The van der Waals surface area contributed by atoms with Crippen molar-refractivity contribution in [2.75, 3.05) is 13.7 Å². The summed E-state index contributed by atoms with van der Waals surface area (Å²) in [6, 6.07) is -1.11. The number of rotatable bonds is 9. The number of hydrogen-bond donors (Lipinski definition) is 5. The first-order valence-electron chi connectivity index (χ1n) is 8.76. The average molecular weight is 388 g/mol. The highest BCUT2D eigenvalue weighted by atomic mass is 16.6. The van der Waals surface area contributed by atoms with Gasteiger partial charge in [-0.15, -0.1) is 0 Å². The smallest absolute Gasteiger partial charge is 0.373 e. The Morgan fingerprint density at radius 1 is 1.33 bits per heavy atom. The zero-order valence-electron chi connectivity index (χ0n) is 15.7. The molecule has 5 atom stereocenters. The van der Waals surface area contributed by atoms with Crippen molar-refractivity contribution in [2.45, 2.75) is 63.6 Å². The zero-order valence-corrected chi connectivity index (χ0v) is 15.7. The molecule has 0 spiro atoms. The molecule has 0 saturated heterocycles. The van der Waals surface area contributed by atoms with E-state index in [-0.39, 0.29) is 18.2 Å². The number of esters is 1. The first-order valence-corrected chi connectivity index (χ1v) is 8.76. The van der Waals surface area contributed by atoms with Gasteiger partial charge in [0.15, 0.2) is 6.10 Å². The number of carbonyl (C=O) groups excluding carboxylic acids is 3. The third kappa shape index (κ3) is 6.81. The van der Waals surface area contributed by atoms with Crippen molar-refractivity contribution in [1.82, 2.24) is 10.6 Å². The molecular formula is C17H28N2O8. The number of methoxy groups -OCH3 is 1. The molecule has 2 amide bonds. The summed E-state index contributed by atoms with van der Waals surface area (Å²) in [5, 5.41) is 35.7. The average Bonchev–Trinajstić information content (AvgIpc) is 2.64. The van der Waals surface area contributed by atoms with Crippen LogP contribution in [0.4, 0.5) is 0 Å². The van der Waals surface area contributed by atoms with Crippen molar-refractivity contribution in [2.24, 2.45) is 0 Å². The molecule has 0 aliphatic carbocycles. The van der Waals surface area contributed by atoms with Crippen LogP contribution in [-0.2, 0) is 23.9 Å². The van der Waals surface area contributed by atoms with Crippen LogP contribution in [0.2, 0.25) is 0 Å². The van der Waals surface area contributed by atoms with Crippen LogP contribution >= 0.6 is 0 Å². The lowest BCUT2D eigenvalue weighted by atomic mass is 9.93. The van der Waals surface area contributed by atoms with Gasteiger partial charge in [0, 0.05) is 19.9 Å². The van der Waals surface area contributed by atoms with Gasteiger partial charge in [0.1, 0.15) is 18.3 Å². The van der Waals surface area contributed by atoms with E-state index in [0.29, 0.717) is 12.8 Å². The summed E-state index contributed by atoms with van der Waals surface area (Å²) in [7, 11) is 1.12. The van der Waals surface area contributed by atoms with E-state index in [4.69, 9.17) is 4.74 Å². The molecule has 10 nitrogen and oxygen atoms in total. The van der Waals surface area contributed by atoms with Gasteiger partial charge in [0.05, 0.1) is 13.2 Å². The van der Waals surface area contributed by atoms with Crippen LogP contribution in [-0.4, -0.2) is 77.2 Å². The summed E-state index contributed by atoms with van der Waals surface area (Å²) in [6.45, 7) is 2.88. The Labute approximate surface area is 157 Å². The number of aliphatic hydroxyl groups excluding tert-OH is 3. The molecule has 154 valence electrons. The van der Waals surface area contributed by atoms with Crippen LogP contribution in [0, 0.1) is 0 Å². The number of nitrogens with one attached hydrogen (secondary N) is 2. The first-order chi connectivity index (χ1) is 12.7. The molecule has 1 aliphatic heterocycles. The van der Waals surface area contributed by atoms with E-state index in [2.05, 4.69) is 15.4 Å². The normalized spacial score (nSPS) is 24.1. The van der Waals surface area contributed by atoms with E-state index in [1.807, 2.05) is 6.92 Å². The minimum atomic E-state index is -1.61. The van der Waals surface area contributed by atoms with Gasteiger partial charge in [-0.25, -0.2) is 4.79 Å². The fourth-order valence-electron chi connectivity index (χ4n) is 2.60. The molecule has 0 aromatic heterocycles. The minimum absolute atomic E-state index is 0.260. The summed E-state index contributed by atoms with van der Waals surface area (Å²) >= 11 is 0. The number of amides is 2. The van der Waals surface area contributed by atoms with Crippen LogP contribution in [0.25, 0.3) is 0 Å². The van der Waals surface area contributed by atoms with Crippen molar-refractivity contribution in [3.63, 3.8) is 0 Å². The Morgan fingerprint density at radius 3 is 2.56 bits per heavy atom. The third-order valence-electron chi connectivity index (χ3n) is 4.06. The Bertz CT molecular complexity index is 565. The van der Waals surface area contributed by atoms with Gasteiger partial charge < -0.3 is 35.4 Å². The van der Waals surface area contributed by atoms with Gasteiger partial charge in [0.25, 0.3) is 0 Å². The summed E-state index contributed by atoms with van der Waals surface area (Å²) < 4.78 is 9.89. The second-order valence-electron chi connectivity index (χ2n) is 6.29. The molecule has 0 aromatic carbocycles. The summed E-state index contributed by atoms with van der Waals surface area (Å²) in [5.41, 5.74) is 0. The second kappa shape index (κ2) is 10.9. The zero-order chi connectivity index (χ0) is 20.6. The first kappa shape index (κ1) is 22.9. The van der Waals surface area contributed by atoms with Gasteiger partial charge >= 0.3 is 5.97 Å². The van der Waals surface area contributed by atoms with E-state index in [9.17, 15) is 29.7 Å². The van der Waals surface area contributed by atoms with Crippen LogP contribution in [0.1, 0.15) is 33.1 Å². The number of carbonyl (C=O) groups is 3. The maximum absolute atomic E-state index is 11.7. The van der Waals surface area contributed by atoms with Gasteiger partial charge in [-0.3, -0.25) is 9.59 Å². The van der Waals surface area contributed by atoms with Gasteiger partial charge in [-0.05, 0) is 12.5 Å². The number of aliphatic hydroxyl groups is 3. The van der Waals surface area contributed by atoms with Crippen LogP contribution in [0.5, 0.6) is 0 Å². The van der Waals surface area contributed by atoms with Crippen LogP contribution in [0.3, 0.4) is 0 Å². The predicted molar refractivity (Wildman–Crippen MR) is 93.1 cm³/mol. The molecule has 10 heteroatoms. The van der Waals surface area contributed by atoms with E-state index in [0.717, 1.165) is 19.6 Å². The topological polar surface area (TPSA) is 154 Å². The van der Waals surface area contributed by atoms with Crippen molar-refractivity contribution in [3.8, 4) is 0 Å². The number of ether oxygens (including phenoxy) is 2. The SMILES string of the molecule is CCCCC(=O)NC[C@@H](O)[C@@H](O)[C@@H]1OC(C(=O)OC)=C[C@H](O)[C@H]1NC(C)=O. The molecule has 27 heavy (non-hydrogen) atoms. The molecular weight excluding hydrogens is 360 g/mol. The summed E-state index contributed by atoms with van der Waals surface area (Å²) in [5.74, 6) is -2.01. The molecule has 1 heterocycles. The quantitative estimate of drug-likeness (QED) is 0.294. The fourth-order valence-corrected chi connectivity index (χ4v) is 2.60. The molecule has 0 radical (unpaired) electrons. The molecule has 1 rings (SSSR count). The van der Waals surface area contributed by atoms with Crippen molar-refractivity contribution in [3.05, 3.63) is 11.8 Å². The lowest BCUT2D eigenvalue weighted by Gasteiger charge is -2.38. The van der Waals surface area contributed by atoms with E-state index >= 15 is 0 Å².